The Morgan fingerprint density at radius 3 is 2.69 bits per heavy atom. The molecule has 194 valence electrons. The van der Waals surface area contributed by atoms with Crippen LogP contribution < -0.4 is 22.5 Å². The van der Waals surface area contributed by atoms with Crippen molar-refractivity contribution in [2.75, 3.05) is 30.1 Å². The second-order valence-corrected chi connectivity index (χ2v) is 11.9. The van der Waals surface area contributed by atoms with Gasteiger partial charge in [-0.05, 0) is 17.9 Å². The molecule has 1 aromatic carbocycles. The molecule has 3 atom stereocenters. The molecule has 2 heterocycles. The number of carboxylic acids is 1. The number of nitrogens with two attached hydrogens (primary N) is 3. The Balaban J connectivity index is 1.71. The lowest BCUT2D eigenvalue weighted by atomic mass is 10.1. The Morgan fingerprint density at radius 2 is 2.06 bits per heavy atom. The predicted molar refractivity (Wildman–Crippen MR) is 148 cm³/mol. The van der Waals surface area contributed by atoms with Crippen LogP contribution in [0.3, 0.4) is 0 Å². The summed E-state index contributed by atoms with van der Waals surface area (Å²) < 4.78 is 0. The molecule has 36 heavy (non-hydrogen) atoms. The topological polar surface area (TPSA) is 201 Å². The summed E-state index contributed by atoms with van der Waals surface area (Å²) in [4.78, 5) is 43.8. The Kier molecular flexibility index (Phi) is 9.87. The summed E-state index contributed by atoms with van der Waals surface area (Å²) >= 11 is 5.41. The van der Waals surface area contributed by atoms with E-state index < -0.39 is 23.3 Å². The molecule has 0 bridgehead atoms. The first-order chi connectivity index (χ1) is 17.1. The molecule has 1 unspecified atom stereocenters. The molecular formula is C21H27N7O4S4. The van der Waals surface area contributed by atoms with E-state index in [4.69, 9.17) is 22.6 Å². The fraction of sp³-hybridized carbons (Fsp3) is 0.381. The number of carboxylic acid groups (broad SMARTS) is 1. The van der Waals surface area contributed by atoms with Gasteiger partial charge in [0.2, 0.25) is 5.91 Å². The van der Waals surface area contributed by atoms with E-state index in [0.717, 1.165) is 10.5 Å². The van der Waals surface area contributed by atoms with Gasteiger partial charge in [-0.2, -0.15) is 11.8 Å². The monoisotopic (exact) mass is 569 g/mol. The molecular weight excluding hydrogens is 543 g/mol. The van der Waals surface area contributed by atoms with Crippen molar-refractivity contribution < 1.29 is 19.5 Å². The number of rotatable bonds is 12. The van der Waals surface area contributed by atoms with E-state index in [1.165, 1.54) is 51.9 Å². The fourth-order valence-corrected chi connectivity index (χ4v) is 7.69. The molecule has 0 radical (unpaired) electrons. The van der Waals surface area contributed by atoms with Gasteiger partial charge in [-0.15, -0.1) is 23.5 Å². The first-order valence-electron chi connectivity index (χ1n) is 10.6. The largest absolute Gasteiger partial charge is 0.477 e. The van der Waals surface area contributed by atoms with Crippen LogP contribution in [0.5, 0.6) is 0 Å². The van der Waals surface area contributed by atoms with E-state index in [9.17, 15) is 19.5 Å². The van der Waals surface area contributed by atoms with Crippen LogP contribution >= 0.6 is 47.0 Å². The number of aliphatic carboxylic acids is 1. The molecule has 2 aliphatic heterocycles. The van der Waals surface area contributed by atoms with E-state index in [-0.39, 0.29) is 34.4 Å². The van der Waals surface area contributed by atoms with Crippen LogP contribution in [0.15, 0.2) is 44.8 Å². The molecule has 2 aliphatic rings. The third kappa shape index (κ3) is 6.44. The number of carbonyl (C=O) groups is 3. The van der Waals surface area contributed by atoms with Gasteiger partial charge in [-0.1, -0.05) is 30.0 Å². The predicted octanol–water partition coefficient (Wildman–Crippen LogP) is 0.821. The standard InChI is InChI=1S/C21H27N7O4S4/c1-33-16(17(22)23)10-4-2-3-5-11(10)36-12-8-35-19-14(18(30)28(19)15(12)20(31)32)27-13(29)9-34-7-6-26-21(24)25/h2-5,14,16,19H,6-9H2,1H3,(H3,22,23)(H,27,29)(H,31,32)(H4,24,25,26)/t14-,16?,19+/m1/s1. The zero-order valence-electron chi connectivity index (χ0n) is 19.3. The lowest BCUT2D eigenvalue weighted by Gasteiger charge is -2.49. The number of amidine groups is 1. The van der Waals surface area contributed by atoms with Crippen LogP contribution in [0.1, 0.15) is 10.8 Å². The maximum absolute atomic E-state index is 12.9. The van der Waals surface area contributed by atoms with E-state index in [1.807, 2.05) is 30.5 Å². The lowest BCUT2D eigenvalue weighted by Crippen LogP contribution is -2.70. The van der Waals surface area contributed by atoms with Crippen molar-refractivity contribution in [3.8, 4) is 0 Å². The lowest BCUT2D eigenvalue weighted by molar-refractivity contribution is -0.150. The first-order valence-corrected chi connectivity index (χ1v) is 14.9. The Labute approximate surface area is 225 Å². The average Bonchev–Trinajstić information content (AvgIpc) is 2.83. The second-order valence-electron chi connectivity index (χ2n) is 7.60. The normalized spacial score (nSPS) is 19.7. The molecule has 1 saturated heterocycles. The number of nitrogens with one attached hydrogen (secondary N) is 2. The minimum Gasteiger partial charge on any atom is -0.477 e. The van der Waals surface area contributed by atoms with Crippen molar-refractivity contribution in [3.05, 3.63) is 40.4 Å². The first kappa shape index (κ1) is 28.1. The van der Waals surface area contributed by atoms with Gasteiger partial charge in [-0.25, -0.2) is 4.79 Å². The summed E-state index contributed by atoms with van der Waals surface area (Å²) in [5, 5.41) is 19.7. The van der Waals surface area contributed by atoms with Gasteiger partial charge in [0.1, 0.15) is 22.9 Å². The van der Waals surface area contributed by atoms with Crippen molar-refractivity contribution in [1.82, 2.24) is 10.2 Å². The van der Waals surface area contributed by atoms with Gasteiger partial charge in [0.15, 0.2) is 5.96 Å². The number of carbonyl (C=O) groups excluding carboxylic acids is 2. The Hall–Kier alpha value is -2.49. The summed E-state index contributed by atoms with van der Waals surface area (Å²) in [6, 6.07) is 6.60. The zero-order valence-corrected chi connectivity index (χ0v) is 22.6. The molecule has 3 rings (SSSR count). The Bertz CT molecular complexity index is 1110. The van der Waals surface area contributed by atoms with Crippen molar-refractivity contribution >= 4 is 76.6 Å². The molecule has 1 aromatic rings. The van der Waals surface area contributed by atoms with E-state index in [2.05, 4.69) is 10.3 Å². The molecule has 2 amide bonds. The number of benzene rings is 1. The van der Waals surface area contributed by atoms with Crippen LogP contribution in [-0.2, 0) is 14.4 Å². The molecule has 11 nitrogen and oxygen atoms in total. The van der Waals surface area contributed by atoms with Crippen molar-refractivity contribution in [2.45, 2.75) is 21.6 Å². The quantitative estimate of drug-likeness (QED) is 0.0900. The summed E-state index contributed by atoms with van der Waals surface area (Å²) in [5.74, 6) is -0.948. The van der Waals surface area contributed by atoms with Gasteiger partial charge in [0.05, 0.1) is 17.5 Å². The number of aliphatic imine (C=N–C) groups is 1. The zero-order chi connectivity index (χ0) is 26.4. The summed E-state index contributed by atoms with van der Waals surface area (Å²) in [7, 11) is 0. The van der Waals surface area contributed by atoms with Crippen LogP contribution in [0, 0.1) is 5.41 Å². The summed E-state index contributed by atoms with van der Waals surface area (Å²) in [6.07, 6.45) is 1.85. The number of β-lactam (4-membered cyclic amide) rings is 1. The third-order valence-electron chi connectivity index (χ3n) is 5.17. The molecule has 9 N–H and O–H groups in total. The van der Waals surface area contributed by atoms with E-state index >= 15 is 0 Å². The molecule has 0 saturated carbocycles. The van der Waals surface area contributed by atoms with E-state index in [1.54, 1.807) is 0 Å². The van der Waals surface area contributed by atoms with Gasteiger partial charge in [0.25, 0.3) is 5.91 Å². The highest BCUT2D eigenvalue weighted by Crippen LogP contribution is 2.46. The highest BCUT2D eigenvalue weighted by Gasteiger charge is 2.54. The number of hydrogen-bond donors (Lipinski definition) is 6. The summed E-state index contributed by atoms with van der Waals surface area (Å²) in [5.41, 5.74) is 17.0. The third-order valence-corrected chi connectivity index (χ3v) is 9.72. The number of nitrogens with zero attached hydrogens (tertiary/aromatic N) is 2. The van der Waals surface area contributed by atoms with Crippen LogP contribution in [-0.4, -0.2) is 81.1 Å². The molecule has 0 aliphatic carbocycles. The van der Waals surface area contributed by atoms with Gasteiger partial charge < -0.3 is 27.6 Å². The maximum Gasteiger partial charge on any atom is 0.353 e. The van der Waals surface area contributed by atoms with Crippen molar-refractivity contribution in [3.63, 3.8) is 0 Å². The SMILES string of the molecule is CSC(C(=N)N)c1ccccc1SC1=C(C(=O)O)N2C(=O)[C@@H](NC(=O)CSCCN=C(N)N)[C@@H]2SC1. The van der Waals surface area contributed by atoms with Crippen LogP contribution in [0.25, 0.3) is 0 Å². The summed E-state index contributed by atoms with van der Waals surface area (Å²) in [6.45, 7) is 0.384. The van der Waals surface area contributed by atoms with Gasteiger partial charge >= 0.3 is 5.97 Å². The highest BCUT2D eigenvalue weighted by atomic mass is 32.2. The number of hydrogen-bond acceptors (Lipinski definition) is 9. The average molecular weight is 570 g/mol. The highest BCUT2D eigenvalue weighted by molar-refractivity contribution is 8.06. The Morgan fingerprint density at radius 1 is 1.33 bits per heavy atom. The molecule has 1 fully saturated rings. The van der Waals surface area contributed by atoms with Crippen molar-refractivity contribution in [2.24, 2.45) is 22.2 Å². The number of guanidine groups is 1. The van der Waals surface area contributed by atoms with Crippen LogP contribution in [0.2, 0.25) is 0 Å². The van der Waals surface area contributed by atoms with Gasteiger partial charge in [0, 0.05) is 21.3 Å². The fourth-order valence-electron chi connectivity index (χ4n) is 3.63. The number of amides is 2. The van der Waals surface area contributed by atoms with Crippen molar-refractivity contribution in [1.29, 1.82) is 5.41 Å². The molecule has 0 aromatic heterocycles. The van der Waals surface area contributed by atoms with Gasteiger partial charge in [-0.3, -0.25) is 24.9 Å². The smallest absolute Gasteiger partial charge is 0.353 e. The molecule has 15 heteroatoms. The van der Waals surface area contributed by atoms with Crippen LogP contribution in [0.4, 0.5) is 0 Å². The minimum absolute atomic E-state index is 0.00646. The van der Waals surface area contributed by atoms with E-state index in [0.29, 0.717) is 23.0 Å². The minimum atomic E-state index is -1.21. The molecule has 0 spiro atoms. The maximum atomic E-state index is 12.9. The second kappa shape index (κ2) is 12.7. The number of fused-ring (bicyclic) bond motifs is 1. The number of thioether (sulfide) groups is 4.